The van der Waals surface area contributed by atoms with Gasteiger partial charge in [0.15, 0.2) is 0 Å². The summed E-state index contributed by atoms with van der Waals surface area (Å²) in [5.41, 5.74) is 5.35. The maximum absolute atomic E-state index is 12.4. The monoisotopic (exact) mass is 441 g/mol. The van der Waals surface area contributed by atoms with Crippen molar-refractivity contribution in [1.82, 2.24) is 0 Å². The van der Waals surface area contributed by atoms with Gasteiger partial charge in [0.1, 0.15) is 11.6 Å². The van der Waals surface area contributed by atoms with Gasteiger partial charge in [-0.2, -0.15) is 8.42 Å². The molecule has 0 aliphatic carbocycles. The predicted molar refractivity (Wildman–Crippen MR) is 93.6 cm³/mol. The molecule has 0 aliphatic heterocycles. The van der Waals surface area contributed by atoms with E-state index in [0.717, 1.165) is 30.3 Å². The zero-order chi connectivity index (χ0) is 21.5. The van der Waals surface area contributed by atoms with Crippen LogP contribution in [0.2, 0.25) is 5.02 Å². The number of nitrogens with two attached hydrogens (primary N) is 1. The van der Waals surface area contributed by atoms with Crippen LogP contribution in [0.15, 0.2) is 47.9 Å². The molecule has 0 saturated heterocycles. The molecule has 0 saturated carbocycles. The molecule has 0 radical (unpaired) electrons. The number of rotatable bonds is 4. The maximum Gasteiger partial charge on any atom is 0.573 e. The van der Waals surface area contributed by atoms with Crippen molar-refractivity contribution >= 4 is 33.7 Å². The van der Waals surface area contributed by atoms with E-state index in [1.54, 1.807) is 0 Å². The van der Waals surface area contributed by atoms with Crippen molar-refractivity contribution in [2.45, 2.75) is 6.36 Å². The van der Waals surface area contributed by atoms with Crippen LogP contribution >= 0.6 is 11.6 Å². The first-order valence-corrected chi connectivity index (χ1v) is 8.91. The van der Waals surface area contributed by atoms with E-state index in [2.05, 4.69) is 4.74 Å². The van der Waals surface area contributed by atoms with Gasteiger partial charge in [0.2, 0.25) is 5.91 Å². The van der Waals surface area contributed by atoms with Crippen molar-refractivity contribution in [2.24, 2.45) is 5.73 Å². The summed E-state index contributed by atoms with van der Waals surface area (Å²) in [5, 5.41) is 0.560. The highest BCUT2D eigenvalue weighted by molar-refractivity contribution is 7.88. The largest absolute Gasteiger partial charge is 0.573 e. The molecular weight excluding hydrogens is 430 g/mol. The fourth-order valence-corrected chi connectivity index (χ4v) is 2.22. The maximum atomic E-state index is 12.4. The molecule has 152 valence electrons. The summed E-state index contributed by atoms with van der Waals surface area (Å²) in [6.45, 7) is 0. The van der Waals surface area contributed by atoms with Gasteiger partial charge >= 0.3 is 6.36 Å². The Morgan fingerprint density at radius 3 is 2.14 bits per heavy atom. The van der Waals surface area contributed by atoms with Crippen LogP contribution in [0.25, 0.3) is 6.08 Å². The Hall–Kier alpha value is -2.63. The first-order valence-electron chi connectivity index (χ1n) is 7.03. The van der Waals surface area contributed by atoms with E-state index in [-0.39, 0.29) is 10.6 Å². The highest BCUT2D eigenvalue weighted by Crippen LogP contribution is 2.23. The lowest BCUT2D eigenvalue weighted by Crippen LogP contribution is -2.16. The van der Waals surface area contributed by atoms with Crippen LogP contribution in [0.5, 0.6) is 5.75 Å². The normalized spacial score (nSPS) is 11.6. The van der Waals surface area contributed by atoms with Gasteiger partial charge < -0.3 is 10.5 Å². The Balaban J connectivity index is 0.000000307. The van der Waals surface area contributed by atoms with Gasteiger partial charge in [-0.15, -0.1) is 13.2 Å². The summed E-state index contributed by atoms with van der Waals surface area (Å²) in [6.07, 6.45) is -3.74. The number of carbonyl (C=O) groups excluding carboxylic acids is 1. The summed E-state index contributed by atoms with van der Waals surface area (Å²) in [4.78, 5) is 10.5. The van der Waals surface area contributed by atoms with E-state index in [1.807, 2.05) is 0 Å². The molecule has 0 bridgehead atoms. The summed E-state index contributed by atoms with van der Waals surface area (Å²) >= 11 is 5.48. The smallest absolute Gasteiger partial charge is 0.406 e. The van der Waals surface area contributed by atoms with Gasteiger partial charge in [0.25, 0.3) is 10.1 Å². The molecule has 1 amide bonds. The number of alkyl halides is 3. The number of halogens is 5. The van der Waals surface area contributed by atoms with Gasteiger partial charge in [0.05, 0.1) is 16.0 Å². The lowest BCUT2D eigenvalue weighted by Gasteiger charge is -2.08. The molecule has 0 aromatic heterocycles. The minimum absolute atomic E-state index is 0.0394. The average molecular weight is 442 g/mol. The highest BCUT2D eigenvalue weighted by atomic mass is 35.5. The number of benzene rings is 2. The standard InChI is InChI=1S/C9H7F3O4S.C7H5ClFNO/c10-9(11,12)16-8-3-1-7(2-4-8)5-6-17(13,14)15;8-6-3-4(9)1-2-5(6)7(10)11/h1-6H,(H,13,14,15);1-3H,(H2,10,11)/b6-5+;. The van der Waals surface area contributed by atoms with E-state index in [4.69, 9.17) is 21.9 Å². The minimum Gasteiger partial charge on any atom is -0.406 e. The molecule has 6 nitrogen and oxygen atoms in total. The van der Waals surface area contributed by atoms with Crippen LogP contribution < -0.4 is 10.5 Å². The first kappa shape index (κ1) is 23.4. The Morgan fingerprint density at radius 2 is 1.71 bits per heavy atom. The van der Waals surface area contributed by atoms with Gasteiger partial charge in [0, 0.05) is 0 Å². The van der Waals surface area contributed by atoms with E-state index >= 15 is 0 Å². The molecule has 12 heteroatoms. The predicted octanol–water partition coefficient (Wildman–Crippen LogP) is 4.02. The Morgan fingerprint density at radius 1 is 1.14 bits per heavy atom. The average Bonchev–Trinajstić information content (AvgIpc) is 2.52. The molecule has 0 unspecified atom stereocenters. The fourth-order valence-electron chi connectivity index (χ4n) is 1.63. The van der Waals surface area contributed by atoms with E-state index in [1.165, 1.54) is 18.2 Å². The Labute approximate surface area is 161 Å². The lowest BCUT2D eigenvalue weighted by molar-refractivity contribution is -0.274. The molecular formula is C16H12ClF4NO5S. The van der Waals surface area contributed by atoms with Gasteiger partial charge in [-0.25, -0.2) is 4.39 Å². The molecule has 0 heterocycles. The van der Waals surface area contributed by atoms with Crippen molar-refractivity contribution in [2.75, 3.05) is 0 Å². The third-order valence-corrected chi connectivity index (χ3v) is 3.54. The topological polar surface area (TPSA) is 107 Å². The number of hydrogen-bond acceptors (Lipinski definition) is 4. The summed E-state index contributed by atoms with van der Waals surface area (Å²) in [7, 11) is -4.25. The van der Waals surface area contributed by atoms with E-state index in [0.29, 0.717) is 11.0 Å². The fraction of sp³-hybridized carbons (Fsp3) is 0.0625. The van der Waals surface area contributed by atoms with Crippen LogP contribution in [-0.2, 0) is 10.1 Å². The lowest BCUT2D eigenvalue weighted by atomic mass is 10.2. The van der Waals surface area contributed by atoms with Gasteiger partial charge in [-0.3, -0.25) is 9.35 Å². The molecule has 0 atom stereocenters. The molecule has 0 aliphatic rings. The molecule has 2 aromatic carbocycles. The van der Waals surface area contributed by atoms with E-state index in [9.17, 15) is 30.8 Å². The van der Waals surface area contributed by atoms with Crippen LogP contribution in [0, 0.1) is 5.82 Å². The molecule has 0 spiro atoms. The minimum atomic E-state index is -4.77. The van der Waals surface area contributed by atoms with Crippen LogP contribution in [0.4, 0.5) is 17.6 Å². The third kappa shape index (κ3) is 9.35. The number of amides is 1. The summed E-state index contributed by atoms with van der Waals surface area (Å²) in [6, 6.07) is 7.90. The van der Waals surface area contributed by atoms with Crippen molar-refractivity contribution in [3.63, 3.8) is 0 Å². The van der Waals surface area contributed by atoms with Crippen molar-refractivity contribution in [1.29, 1.82) is 0 Å². The molecule has 0 fully saturated rings. The van der Waals surface area contributed by atoms with Crippen molar-refractivity contribution in [3.8, 4) is 5.75 Å². The quantitative estimate of drug-likeness (QED) is 0.550. The van der Waals surface area contributed by atoms with E-state index < -0.39 is 34.0 Å². The van der Waals surface area contributed by atoms with Gasteiger partial charge in [-0.1, -0.05) is 23.7 Å². The zero-order valence-corrected chi connectivity index (χ0v) is 15.2. The second-order valence-electron chi connectivity index (χ2n) is 4.92. The molecule has 28 heavy (non-hydrogen) atoms. The van der Waals surface area contributed by atoms with Gasteiger partial charge in [-0.05, 0) is 42.0 Å². The Kier molecular flexibility index (Phi) is 7.97. The van der Waals surface area contributed by atoms with Crippen LogP contribution in [-0.4, -0.2) is 25.2 Å². The van der Waals surface area contributed by atoms with Crippen molar-refractivity contribution in [3.05, 3.63) is 69.8 Å². The molecule has 3 N–H and O–H groups in total. The number of primary amides is 1. The van der Waals surface area contributed by atoms with Crippen LogP contribution in [0.3, 0.4) is 0 Å². The van der Waals surface area contributed by atoms with Crippen LogP contribution in [0.1, 0.15) is 15.9 Å². The molecule has 2 rings (SSSR count). The number of carbonyl (C=O) groups is 1. The summed E-state index contributed by atoms with van der Waals surface area (Å²) in [5.74, 6) is -1.56. The second kappa shape index (κ2) is 9.53. The number of ether oxygens (including phenoxy) is 1. The zero-order valence-electron chi connectivity index (χ0n) is 13.7. The first-order chi connectivity index (χ1) is 12.8. The SMILES string of the molecule is NC(=O)c1ccc(F)cc1Cl.O=S(=O)(O)/C=C/c1ccc(OC(F)(F)F)cc1. The second-order valence-corrected chi connectivity index (χ2v) is 6.63. The third-order valence-electron chi connectivity index (χ3n) is 2.74. The highest BCUT2D eigenvalue weighted by Gasteiger charge is 2.30. The number of hydrogen-bond donors (Lipinski definition) is 2. The van der Waals surface area contributed by atoms with Crippen molar-refractivity contribution < 1.29 is 40.1 Å². The summed E-state index contributed by atoms with van der Waals surface area (Å²) < 4.78 is 80.5. The molecule has 2 aromatic rings. The Bertz CT molecular complexity index is 960.